The zero-order chi connectivity index (χ0) is 8.55. The topological polar surface area (TPSA) is 54.7 Å². The van der Waals surface area contributed by atoms with Gasteiger partial charge in [0, 0.05) is 23.5 Å². The summed E-state index contributed by atoms with van der Waals surface area (Å²) in [4.78, 5) is 7.26. The Balaban J connectivity index is 2.83. The lowest BCUT2D eigenvalue weighted by Gasteiger charge is -1.96. The van der Waals surface area contributed by atoms with Crippen molar-refractivity contribution in [1.82, 2.24) is 9.97 Å². The maximum absolute atomic E-state index is 5.82. The number of anilines is 1. The predicted molar refractivity (Wildman–Crippen MR) is 49.9 cm³/mol. The fourth-order valence-electron chi connectivity index (χ4n) is 1.43. The van der Waals surface area contributed by atoms with E-state index in [4.69, 9.17) is 5.73 Å². The van der Waals surface area contributed by atoms with Crippen LogP contribution in [0.5, 0.6) is 0 Å². The summed E-state index contributed by atoms with van der Waals surface area (Å²) in [6, 6.07) is 1.83. The van der Waals surface area contributed by atoms with Gasteiger partial charge in [-0.1, -0.05) is 6.92 Å². The summed E-state index contributed by atoms with van der Waals surface area (Å²) in [7, 11) is 0. The van der Waals surface area contributed by atoms with Crippen molar-refractivity contribution in [3.05, 3.63) is 24.0 Å². The molecule has 0 spiro atoms. The molecule has 2 rings (SSSR count). The lowest BCUT2D eigenvalue weighted by molar-refractivity contribution is 1.15. The van der Waals surface area contributed by atoms with E-state index in [1.165, 1.54) is 5.56 Å². The Bertz CT molecular complexity index is 403. The van der Waals surface area contributed by atoms with Gasteiger partial charge in [0.1, 0.15) is 5.65 Å². The largest absolute Gasteiger partial charge is 0.398 e. The second-order valence-electron chi connectivity index (χ2n) is 2.79. The van der Waals surface area contributed by atoms with Crippen molar-refractivity contribution in [1.29, 1.82) is 0 Å². The summed E-state index contributed by atoms with van der Waals surface area (Å²) in [6.07, 6.45) is 4.66. The number of hydrogen-bond donors (Lipinski definition) is 2. The highest BCUT2D eigenvalue weighted by atomic mass is 14.8. The van der Waals surface area contributed by atoms with Gasteiger partial charge in [-0.2, -0.15) is 0 Å². The average molecular weight is 161 g/mol. The van der Waals surface area contributed by atoms with Crippen molar-refractivity contribution in [2.75, 3.05) is 5.73 Å². The van der Waals surface area contributed by atoms with Gasteiger partial charge in [0.15, 0.2) is 0 Å². The van der Waals surface area contributed by atoms with E-state index < -0.39 is 0 Å². The van der Waals surface area contributed by atoms with Gasteiger partial charge in [-0.25, -0.2) is 4.98 Å². The normalized spacial score (nSPS) is 10.8. The molecule has 0 fully saturated rings. The predicted octanol–water partition coefficient (Wildman–Crippen LogP) is 1.71. The fraction of sp³-hybridized carbons (Fsp3) is 0.222. The van der Waals surface area contributed by atoms with Crippen LogP contribution in [0.1, 0.15) is 12.5 Å². The maximum Gasteiger partial charge on any atom is 0.139 e. The van der Waals surface area contributed by atoms with Gasteiger partial charge in [-0.05, 0) is 18.1 Å². The molecular formula is C9H11N3. The highest BCUT2D eigenvalue weighted by Gasteiger charge is 2.04. The standard InChI is InChI=1S/C9H11N3/c1-2-6-5-12-9-8(6)7(10)3-4-11-9/h3-5H,2H2,1H3,(H3,10,11,12). The monoisotopic (exact) mass is 161 g/mol. The molecule has 0 aliphatic carbocycles. The molecule has 0 saturated carbocycles. The maximum atomic E-state index is 5.82. The number of nitrogens with one attached hydrogen (secondary N) is 1. The number of hydrogen-bond acceptors (Lipinski definition) is 2. The molecule has 0 bridgehead atoms. The van der Waals surface area contributed by atoms with E-state index >= 15 is 0 Å². The first-order chi connectivity index (χ1) is 5.83. The first-order valence-corrected chi connectivity index (χ1v) is 4.03. The Hall–Kier alpha value is -1.51. The highest BCUT2D eigenvalue weighted by molar-refractivity contribution is 5.91. The van der Waals surface area contributed by atoms with Gasteiger partial charge >= 0.3 is 0 Å². The number of aromatic nitrogens is 2. The molecule has 0 aliphatic heterocycles. The van der Waals surface area contributed by atoms with Crippen LogP contribution in [0.25, 0.3) is 11.0 Å². The average Bonchev–Trinajstić information content (AvgIpc) is 2.49. The van der Waals surface area contributed by atoms with E-state index in [2.05, 4.69) is 16.9 Å². The molecule has 2 heterocycles. The molecule has 3 nitrogen and oxygen atoms in total. The molecule has 2 aromatic heterocycles. The third kappa shape index (κ3) is 0.863. The molecule has 0 radical (unpaired) electrons. The Morgan fingerprint density at radius 3 is 3.17 bits per heavy atom. The van der Waals surface area contributed by atoms with Crippen molar-refractivity contribution in [2.24, 2.45) is 0 Å². The van der Waals surface area contributed by atoms with Crippen LogP contribution in [0.3, 0.4) is 0 Å². The van der Waals surface area contributed by atoms with Crippen molar-refractivity contribution in [2.45, 2.75) is 13.3 Å². The van der Waals surface area contributed by atoms with Gasteiger partial charge < -0.3 is 10.7 Å². The zero-order valence-electron chi connectivity index (χ0n) is 6.96. The Morgan fingerprint density at radius 1 is 1.58 bits per heavy atom. The van der Waals surface area contributed by atoms with Crippen LogP contribution >= 0.6 is 0 Å². The number of nitrogens with two attached hydrogens (primary N) is 1. The zero-order valence-corrected chi connectivity index (χ0v) is 6.96. The number of H-pyrrole nitrogens is 1. The third-order valence-electron chi connectivity index (χ3n) is 2.07. The minimum atomic E-state index is 0.804. The number of aryl methyl sites for hydroxylation is 1. The summed E-state index contributed by atoms with van der Waals surface area (Å²) < 4.78 is 0. The molecule has 12 heavy (non-hydrogen) atoms. The van der Waals surface area contributed by atoms with Crippen LogP contribution in [0.4, 0.5) is 5.69 Å². The summed E-state index contributed by atoms with van der Waals surface area (Å²) in [5.74, 6) is 0. The van der Waals surface area contributed by atoms with E-state index in [0.29, 0.717) is 0 Å². The van der Waals surface area contributed by atoms with Crippen LogP contribution in [0.2, 0.25) is 0 Å². The minimum absolute atomic E-state index is 0.804. The number of pyridine rings is 1. The van der Waals surface area contributed by atoms with Crippen LogP contribution in [-0.2, 0) is 6.42 Å². The molecule has 3 heteroatoms. The Morgan fingerprint density at radius 2 is 2.42 bits per heavy atom. The molecule has 0 unspecified atom stereocenters. The summed E-state index contributed by atoms with van der Waals surface area (Å²) in [5, 5.41) is 1.07. The second-order valence-corrected chi connectivity index (χ2v) is 2.79. The summed E-state index contributed by atoms with van der Waals surface area (Å²) in [5.41, 5.74) is 8.73. The first-order valence-electron chi connectivity index (χ1n) is 4.03. The number of aromatic amines is 1. The van der Waals surface area contributed by atoms with E-state index in [-0.39, 0.29) is 0 Å². The molecule has 0 amide bonds. The molecule has 0 saturated heterocycles. The smallest absolute Gasteiger partial charge is 0.139 e. The molecule has 0 aromatic carbocycles. The van der Waals surface area contributed by atoms with Crippen LogP contribution < -0.4 is 5.73 Å². The second kappa shape index (κ2) is 2.52. The Labute approximate surface area is 70.6 Å². The van der Waals surface area contributed by atoms with Crippen LogP contribution in [-0.4, -0.2) is 9.97 Å². The molecule has 62 valence electrons. The van der Waals surface area contributed by atoms with Crippen molar-refractivity contribution in [3.63, 3.8) is 0 Å². The molecule has 3 N–H and O–H groups in total. The highest BCUT2D eigenvalue weighted by Crippen LogP contribution is 2.22. The Kier molecular flexibility index (Phi) is 1.50. The van der Waals surface area contributed by atoms with Gasteiger partial charge in [-0.15, -0.1) is 0 Å². The van der Waals surface area contributed by atoms with Crippen molar-refractivity contribution >= 4 is 16.7 Å². The van der Waals surface area contributed by atoms with Gasteiger partial charge in [0.25, 0.3) is 0 Å². The van der Waals surface area contributed by atoms with Crippen molar-refractivity contribution in [3.8, 4) is 0 Å². The van der Waals surface area contributed by atoms with E-state index in [1.807, 2.05) is 12.3 Å². The van der Waals surface area contributed by atoms with E-state index in [0.717, 1.165) is 23.1 Å². The van der Waals surface area contributed by atoms with Gasteiger partial charge in [0.05, 0.1) is 0 Å². The van der Waals surface area contributed by atoms with E-state index in [9.17, 15) is 0 Å². The molecular weight excluding hydrogens is 150 g/mol. The van der Waals surface area contributed by atoms with Gasteiger partial charge in [0.2, 0.25) is 0 Å². The molecule has 0 atom stereocenters. The quantitative estimate of drug-likeness (QED) is 0.669. The third-order valence-corrected chi connectivity index (χ3v) is 2.07. The lowest BCUT2D eigenvalue weighted by Crippen LogP contribution is -1.88. The fourth-order valence-corrected chi connectivity index (χ4v) is 1.43. The SMILES string of the molecule is CCc1c[nH]c2nccc(N)c12. The lowest BCUT2D eigenvalue weighted by atomic mass is 10.1. The first kappa shape index (κ1) is 7.16. The van der Waals surface area contributed by atoms with Crippen LogP contribution in [0.15, 0.2) is 18.5 Å². The van der Waals surface area contributed by atoms with E-state index in [1.54, 1.807) is 6.20 Å². The number of fused-ring (bicyclic) bond motifs is 1. The van der Waals surface area contributed by atoms with Gasteiger partial charge in [-0.3, -0.25) is 0 Å². The number of rotatable bonds is 1. The number of nitrogen functional groups attached to an aromatic ring is 1. The van der Waals surface area contributed by atoms with Crippen molar-refractivity contribution < 1.29 is 0 Å². The molecule has 0 aliphatic rings. The summed E-state index contributed by atoms with van der Waals surface area (Å²) in [6.45, 7) is 2.11. The minimum Gasteiger partial charge on any atom is -0.398 e. The number of nitrogens with zero attached hydrogens (tertiary/aromatic N) is 1. The summed E-state index contributed by atoms with van der Waals surface area (Å²) >= 11 is 0. The van der Waals surface area contributed by atoms with Crippen LogP contribution in [0, 0.1) is 0 Å². The molecule has 2 aromatic rings.